The van der Waals surface area contributed by atoms with Crippen LogP contribution in [0.25, 0.3) is 11.3 Å². The number of benzene rings is 1. The highest BCUT2D eigenvalue weighted by Gasteiger charge is 2.06. The van der Waals surface area contributed by atoms with Crippen molar-refractivity contribution in [3.63, 3.8) is 0 Å². The highest BCUT2D eigenvalue weighted by Crippen LogP contribution is 2.19. The van der Waals surface area contributed by atoms with E-state index in [9.17, 15) is 0 Å². The number of nitrogens with zero attached hydrogens (tertiary/aromatic N) is 3. The number of hydrogen-bond donors (Lipinski definition) is 0. The fourth-order valence-corrected chi connectivity index (χ4v) is 1.57. The molecule has 0 aliphatic carbocycles. The quantitative estimate of drug-likeness (QED) is 0.783. The Morgan fingerprint density at radius 3 is 2.81 bits per heavy atom. The van der Waals surface area contributed by atoms with Gasteiger partial charge in [0.05, 0.1) is 24.5 Å². The fraction of sp³-hybridized carbons (Fsp3) is 0.231. The van der Waals surface area contributed by atoms with Gasteiger partial charge in [0.25, 0.3) is 0 Å². The molecule has 1 atom stereocenters. The highest BCUT2D eigenvalue weighted by atomic mass is 15.1. The lowest BCUT2D eigenvalue weighted by atomic mass is 10.2. The summed E-state index contributed by atoms with van der Waals surface area (Å²) in [6.07, 6.45) is 4.27. The molecule has 0 aliphatic rings. The lowest BCUT2D eigenvalue weighted by Gasteiger charge is -2.07. The van der Waals surface area contributed by atoms with Crippen LogP contribution >= 0.6 is 0 Å². The summed E-state index contributed by atoms with van der Waals surface area (Å²) in [4.78, 5) is 4.34. The third-order valence-electron chi connectivity index (χ3n) is 2.57. The largest absolute Gasteiger partial charge is 0.333 e. The van der Waals surface area contributed by atoms with E-state index < -0.39 is 0 Å². The van der Waals surface area contributed by atoms with Gasteiger partial charge in [-0.15, -0.1) is 0 Å². The van der Waals surface area contributed by atoms with Crippen molar-refractivity contribution in [2.45, 2.75) is 19.4 Å². The summed E-state index contributed by atoms with van der Waals surface area (Å²) < 4.78 is 1.98. The SMILES string of the molecule is CC(CC#N)n1cnc(-c2ccccc2)c1. The van der Waals surface area contributed by atoms with E-state index in [1.54, 1.807) is 6.33 Å². The first-order valence-electron chi connectivity index (χ1n) is 5.27. The average molecular weight is 211 g/mol. The van der Waals surface area contributed by atoms with Gasteiger partial charge in [0.15, 0.2) is 0 Å². The minimum atomic E-state index is 0.176. The number of imidazole rings is 1. The van der Waals surface area contributed by atoms with Crippen LogP contribution in [0.5, 0.6) is 0 Å². The van der Waals surface area contributed by atoms with Crippen molar-refractivity contribution in [3.8, 4) is 17.3 Å². The van der Waals surface area contributed by atoms with Crippen LogP contribution in [-0.2, 0) is 0 Å². The topological polar surface area (TPSA) is 41.6 Å². The number of rotatable bonds is 3. The number of hydrogen-bond acceptors (Lipinski definition) is 2. The van der Waals surface area contributed by atoms with Gasteiger partial charge in [-0.1, -0.05) is 30.3 Å². The summed E-state index contributed by atoms with van der Waals surface area (Å²) in [5, 5.41) is 8.64. The molecule has 0 saturated carbocycles. The first kappa shape index (κ1) is 10.4. The molecule has 1 aromatic heterocycles. The second kappa shape index (κ2) is 4.63. The van der Waals surface area contributed by atoms with E-state index in [0.29, 0.717) is 6.42 Å². The molecule has 2 aromatic rings. The van der Waals surface area contributed by atoms with Gasteiger partial charge in [-0.2, -0.15) is 5.26 Å². The molecule has 0 aliphatic heterocycles. The van der Waals surface area contributed by atoms with Crippen LogP contribution in [0.3, 0.4) is 0 Å². The minimum Gasteiger partial charge on any atom is -0.333 e. The lowest BCUT2D eigenvalue weighted by Crippen LogP contribution is -2.00. The van der Waals surface area contributed by atoms with E-state index in [1.165, 1.54) is 0 Å². The van der Waals surface area contributed by atoms with Crippen molar-refractivity contribution in [2.24, 2.45) is 0 Å². The smallest absolute Gasteiger partial charge is 0.0956 e. The van der Waals surface area contributed by atoms with Crippen LogP contribution in [0.4, 0.5) is 0 Å². The third-order valence-corrected chi connectivity index (χ3v) is 2.57. The Kier molecular flexibility index (Phi) is 3.02. The molecule has 3 heteroatoms. The van der Waals surface area contributed by atoms with Crippen LogP contribution < -0.4 is 0 Å². The molecule has 16 heavy (non-hydrogen) atoms. The molecular weight excluding hydrogens is 198 g/mol. The first-order chi connectivity index (χ1) is 7.81. The van der Waals surface area contributed by atoms with Gasteiger partial charge in [-0.25, -0.2) is 4.98 Å². The molecule has 0 fully saturated rings. The van der Waals surface area contributed by atoms with Crippen molar-refractivity contribution in [2.75, 3.05) is 0 Å². The zero-order valence-corrected chi connectivity index (χ0v) is 9.17. The summed E-state index contributed by atoms with van der Waals surface area (Å²) >= 11 is 0. The zero-order valence-electron chi connectivity index (χ0n) is 9.17. The van der Waals surface area contributed by atoms with E-state index in [4.69, 9.17) is 5.26 Å². The first-order valence-corrected chi connectivity index (χ1v) is 5.27. The molecule has 0 amide bonds. The van der Waals surface area contributed by atoms with Gasteiger partial charge in [0.2, 0.25) is 0 Å². The normalized spacial score (nSPS) is 12.0. The molecule has 0 bridgehead atoms. The summed E-state index contributed by atoms with van der Waals surface area (Å²) in [5.74, 6) is 0. The van der Waals surface area contributed by atoms with Crippen LogP contribution in [0, 0.1) is 11.3 Å². The van der Waals surface area contributed by atoms with Crippen LogP contribution in [-0.4, -0.2) is 9.55 Å². The summed E-state index contributed by atoms with van der Waals surface area (Å²) in [6.45, 7) is 2.01. The molecule has 0 saturated heterocycles. The number of nitriles is 1. The van der Waals surface area contributed by atoms with Crippen molar-refractivity contribution >= 4 is 0 Å². The van der Waals surface area contributed by atoms with Crippen LogP contribution in [0.2, 0.25) is 0 Å². The number of aromatic nitrogens is 2. The summed E-state index contributed by atoms with van der Waals surface area (Å²) in [7, 11) is 0. The lowest BCUT2D eigenvalue weighted by molar-refractivity contribution is 0.559. The molecule has 1 unspecified atom stereocenters. The van der Waals surface area contributed by atoms with Gasteiger partial charge in [-0.05, 0) is 6.92 Å². The standard InChI is InChI=1S/C13H13N3/c1-11(7-8-14)16-9-13(15-10-16)12-5-3-2-4-6-12/h2-6,9-11H,7H2,1H3. The predicted molar refractivity (Wildman–Crippen MR) is 62.6 cm³/mol. The van der Waals surface area contributed by atoms with Gasteiger partial charge >= 0.3 is 0 Å². The van der Waals surface area contributed by atoms with Gasteiger partial charge in [-0.3, -0.25) is 0 Å². The highest BCUT2D eigenvalue weighted by molar-refractivity contribution is 5.57. The van der Waals surface area contributed by atoms with E-state index >= 15 is 0 Å². The Balaban J connectivity index is 2.24. The Bertz CT molecular complexity index is 493. The van der Waals surface area contributed by atoms with Crippen molar-refractivity contribution in [3.05, 3.63) is 42.9 Å². The van der Waals surface area contributed by atoms with E-state index in [0.717, 1.165) is 11.3 Å². The van der Waals surface area contributed by atoms with Crippen LogP contribution in [0.1, 0.15) is 19.4 Å². The maximum atomic E-state index is 8.64. The zero-order chi connectivity index (χ0) is 11.4. The second-order valence-corrected chi connectivity index (χ2v) is 3.78. The average Bonchev–Trinajstić information content (AvgIpc) is 2.80. The van der Waals surface area contributed by atoms with E-state index in [2.05, 4.69) is 11.1 Å². The Morgan fingerprint density at radius 1 is 1.38 bits per heavy atom. The minimum absolute atomic E-state index is 0.176. The van der Waals surface area contributed by atoms with E-state index in [-0.39, 0.29) is 6.04 Å². The van der Waals surface area contributed by atoms with Gasteiger partial charge in [0.1, 0.15) is 0 Å². The molecule has 0 spiro atoms. The second-order valence-electron chi connectivity index (χ2n) is 3.78. The van der Waals surface area contributed by atoms with Crippen molar-refractivity contribution in [1.29, 1.82) is 5.26 Å². The monoisotopic (exact) mass is 211 g/mol. The Hall–Kier alpha value is -2.08. The Labute approximate surface area is 95.0 Å². The van der Waals surface area contributed by atoms with Gasteiger partial charge in [0, 0.05) is 17.8 Å². The van der Waals surface area contributed by atoms with Crippen LogP contribution in [0.15, 0.2) is 42.9 Å². The maximum absolute atomic E-state index is 8.64. The van der Waals surface area contributed by atoms with Crippen molar-refractivity contribution < 1.29 is 0 Å². The fourth-order valence-electron chi connectivity index (χ4n) is 1.57. The van der Waals surface area contributed by atoms with E-state index in [1.807, 2.05) is 48.0 Å². The molecule has 1 aromatic carbocycles. The molecule has 3 nitrogen and oxygen atoms in total. The molecular formula is C13H13N3. The summed E-state index contributed by atoms with van der Waals surface area (Å²) in [6, 6.07) is 12.4. The summed E-state index contributed by atoms with van der Waals surface area (Å²) in [5.41, 5.74) is 2.05. The Morgan fingerprint density at radius 2 is 2.12 bits per heavy atom. The maximum Gasteiger partial charge on any atom is 0.0956 e. The third kappa shape index (κ3) is 2.12. The predicted octanol–water partition coefficient (Wildman–Crippen LogP) is 3.02. The van der Waals surface area contributed by atoms with Crippen molar-refractivity contribution in [1.82, 2.24) is 9.55 Å². The molecule has 0 N–H and O–H groups in total. The molecule has 2 rings (SSSR count). The van der Waals surface area contributed by atoms with Gasteiger partial charge < -0.3 is 4.57 Å². The molecule has 1 heterocycles. The molecule has 80 valence electrons. The molecule has 0 radical (unpaired) electrons.